The lowest BCUT2D eigenvalue weighted by Gasteiger charge is -2.08. The van der Waals surface area contributed by atoms with Gasteiger partial charge in [0.2, 0.25) is 11.6 Å². The maximum Gasteiger partial charge on any atom is 0.354 e. The molecular weight excluding hydrogens is 236 g/mol. The van der Waals surface area contributed by atoms with Crippen molar-refractivity contribution in [1.29, 1.82) is 0 Å². The number of hydrogen-bond acceptors (Lipinski definition) is 6. The molecule has 2 heterocycles. The van der Waals surface area contributed by atoms with Crippen LogP contribution in [0.4, 0.5) is 11.5 Å². The molecule has 94 valence electrons. The van der Waals surface area contributed by atoms with E-state index in [1.54, 1.807) is 23.9 Å². The van der Waals surface area contributed by atoms with Gasteiger partial charge in [-0.25, -0.2) is 15.0 Å². The molecule has 2 aromatic rings. The van der Waals surface area contributed by atoms with Crippen molar-refractivity contribution in [3.8, 4) is 5.82 Å². The summed E-state index contributed by atoms with van der Waals surface area (Å²) in [6.07, 6.45) is 4.48. The van der Waals surface area contributed by atoms with Crippen LogP contribution in [0.3, 0.4) is 0 Å². The van der Waals surface area contributed by atoms with E-state index in [9.17, 15) is 10.1 Å². The van der Waals surface area contributed by atoms with E-state index >= 15 is 0 Å². The lowest BCUT2D eigenvalue weighted by Crippen LogP contribution is -2.09. The third-order valence-corrected chi connectivity index (χ3v) is 2.38. The number of nitrogens with one attached hydrogen (secondary N) is 1. The zero-order valence-corrected chi connectivity index (χ0v) is 9.99. The lowest BCUT2D eigenvalue weighted by atomic mass is 10.4. The van der Waals surface area contributed by atoms with Gasteiger partial charge >= 0.3 is 5.69 Å². The van der Waals surface area contributed by atoms with Gasteiger partial charge in [-0.1, -0.05) is 0 Å². The SMILES string of the molecule is CCNc1ncnc(-n2ccnc2C)c1[N+](=O)[O-]. The molecule has 0 aliphatic carbocycles. The van der Waals surface area contributed by atoms with Crippen molar-refractivity contribution in [3.63, 3.8) is 0 Å². The Morgan fingerprint density at radius 2 is 2.22 bits per heavy atom. The van der Waals surface area contributed by atoms with Crippen LogP contribution in [0.5, 0.6) is 0 Å². The van der Waals surface area contributed by atoms with Crippen LogP contribution in [0.1, 0.15) is 12.7 Å². The molecule has 0 saturated carbocycles. The Labute approximate surface area is 103 Å². The standard InChI is InChI=1S/C10H12N6O2/c1-3-11-9-8(16(17)18)10(14-6-13-9)15-5-4-12-7(15)2/h4-6H,3H2,1-2H3,(H,11,13,14). The van der Waals surface area contributed by atoms with Crippen molar-refractivity contribution in [2.45, 2.75) is 13.8 Å². The second-order valence-corrected chi connectivity index (χ2v) is 3.53. The Morgan fingerprint density at radius 1 is 1.44 bits per heavy atom. The van der Waals surface area contributed by atoms with Crippen LogP contribution in [-0.4, -0.2) is 31.0 Å². The zero-order valence-electron chi connectivity index (χ0n) is 9.99. The van der Waals surface area contributed by atoms with Gasteiger partial charge in [-0.3, -0.25) is 14.7 Å². The average Bonchev–Trinajstić information content (AvgIpc) is 2.75. The molecule has 0 bridgehead atoms. The predicted molar refractivity (Wildman–Crippen MR) is 64.7 cm³/mol. The van der Waals surface area contributed by atoms with E-state index in [4.69, 9.17) is 0 Å². The number of aromatic nitrogens is 4. The van der Waals surface area contributed by atoms with E-state index in [-0.39, 0.29) is 17.3 Å². The minimum atomic E-state index is -0.493. The highest BCUT2D eigenvalue weighted by Crippen LogP contribution is 2.27. The van der Waals surface area contributed by atoms with E-state index < -0.39 is 4.92 Å². The molecule has 2 aromatic heterocycles. The molecule has 0 aliphatic rings. The molecule has 1 N–H and O–H groups in total. The largest absolute Gasteiger partial charge is 0.364 e. The van der Waals surface area contributed by atoms with Crippen molar-refractivity contribution in [3.05, 3.63) is 34.7 Å². The maximum absolute atomic E-state index is 11.2. The first kappa shape index (κ1) is 12.0. The van der Waals surface area contributed by atoms with Crippen LogP contribution in [0.2, 0.25) is 0 Å². The van der Waals surface area contributed by atoms with E-state index in [1.807, 2.05) is 6.92 Å². The molecule has 0 aliphatic heterocycles. The van der Waals surface area contributed by atoms with Crippen LogP contribution in [0.15, 0.2) is 18.7 Å². The molecule has 0 unspecified atom stereocenters. The lowest BCUT2D eigenvalue weighted by molar-refractivity contribution is -0.384. The summed E-state index contributed by atoms with van der Waals surface area (Å²) in [6, 6.07) is 0. The first-order chi connectivity index (χ1) is 8.65. The van der Waals surface area contributed by atoms with Gasteiger partial charge in [-0.15, -0.1) is 0 Å². The van der Waals surface area contributed by atoms with E-state index in [2.05, 4.69) is 20.3 Å². The van der Waals surface area contributed by atoms with Gasteiger partial charge in [0.15, 0.2) is 0 Å². The second-order valence-electron chi connectivity index (χ2n) is 3.53. The molecule has 8 nitrogen and oxygen atoms in total. The Bertz CT molecular complexity index is 579. The molecule has 8 heteroatoms. The number of aryl methyl sites for hydroxylation is 1. The number of hydrogen-bond donors (Lipinski definition) is 1. The number of nitro groups is 1. The first-order valence-corrected chi connectivity index (χ1v) is 5.38. The van der Waals surface area contributed by atoms with Crippen LogP contribution >= 0.6 is 0 Å². The minimum Gasteiger partial charge on any atom is -0.364 e. The molecule has 0 spiro atoms. The van der Waals surface area contributed by atoms with Crippen LogP contribution in [0.25, 0.3) is 5.82 Å². The number of anilines is 1. The van der Waals surface area contributed by atoms with Gasteiger partial charge in [0.05, 0.1) is 4.92 Å². The van der Waals surface area contributed by atoms with E-state index in [1.165, 1.54) is 6.33 Å². The Balaban J connectivity index is 2.64. The highest BCUT2D eigenvalue weighted by Gasteiger charge is 2.24. The van der Waals surface area contributed by atoms with E-state index in [0.29, 0.717) is 12.4 Å². The fraction of sp³-hybridized carbons (Fsp3) is 0.300. The van der Waals surface area contributed by atoms with Gasteiger partial charge in [0.1, 0.15) is 12.2 Å². The van der Waals surface area contributed by atoms with Crippen molar-refractivity contribution < 1.29 is 4.92 Å². The molecule has 0 fully saturated rings. The molecular formula is C10H12N6O2. The quantitative estimate of drug-likeness (QED) is 0.647. The highest BCUT2D eigenvalue weighted by molar-refractivity contribution is 5.64. The van der Waals surface area contributed by atoms with Gasteiger partial charge in [0, 0.05) is 18.9 Å². The topological polar surface area (TPSA) is 98.8 Å². The summed E-state index contributed by atoms with van der Waals surface area (Å²) >= 11 is 0. The number of imidazole rings is 1. The fourth-order valence-electron chi connectivity index (χ4n) is 1.61. The summed E-state index contributed by atoms with van der Waals surface area (Å²) in [4.78, 5) is 22.6. The van der Waals surface area contributed by atoms with Crippen molar-refractivity contribution >= 4 is 11.5 Å². The Morgan fingerprint density at radius 3 is 2.78 bits per heavy atom. The summed E-state index contributed by atoms with van der Waals surface area (Å²) in [5.74, 6) is 1.04. The molecule has 0 saturated heterocycles. The predicted octanol–water partition coefficient (Wildman–Crippen LogP) is 1.31. The molecule has 2 rings (SSSR count). The summed E-state index contributed by atoms with van der Waals surface area (Å²) in [5.41, 5.74) is -0.152. The van der Waals surface area contributed by atoms with Gasteiger partial charge in [-0.05, 0) is 13.8 Å². The minimum absolute atomic E-state index is 0.152. The second kappa shape index (κ2) is 4.78. The Kier molecular flexibility index (Phi) is 3.18. The molecule has 0 aromatic carbocycles. The molecule has 0 atom stereocenters. The third-order valence-electron chi connectivity index (χ3n) is 2.38. The molecule has 18 heavy (non-hydrogen) atoms. The third kappa shape index (κ3) is 1.99. The van der Waals surface area contributed by atoms with Gasteiger partial charge < -0.3 is 5.32 Å². The molecule has 0 radical (unpaired) electrons. The summed E-state index contributed by atoms with van der Waals surface area (Å²) in [5, 5.41) is 14.0. The van der Waals surface area contributed by atoms with Crippen LogP contribution in [0, 0.1) is 17.0 Å². The van der Waals surface area contributed by atoms with Gasteiger partial charge in [0.25, 0.3) is 0 Å². The summed E-state index contributed by atoms with van der Waals surface area (Å²) < 4.78 is 1.56. The van der Waals surface area contributed by atoms with Gasteiger partial charge in [-0.2, -0.15) is 0 Å². The summed E-state index contributed by atoms with van der Waals surface area (Å²) in [6.45, 7) is 4.13. The smallest absolute Gasteiger partial charge is 0.354 e. The van der Waals surface area contributed by atoms with Crippen LogP contribution in [-0.2, 0) is 0 Å². The van der Waals surface area contributed by atoms with Crippen LogP contribution < -0.4 is 5.32 Å². The van der Waals surface area contributed by atoms with E-state index in [0.717, 1.165) is 0 Å². The number of nitrogens with zero attached hydrogens (tertiary/aromatic N) is 5. The average molecular weight is 248 g/mol. The fourth-order valence-corrected chi connectivity index (χ4v) is 1.61. The summed E-state index contributed by atoms with van der Waals surface area (Å²) in [7, 11) is 0. The molecule has 0 amide bonds. The highest BCUT2D eigenvalue weighted by atomic mass is 16.6. The maximum atomic E-state index is 11.2. The van der Waals surface area contributed by atoms with Crippen molar-refractivity contribution in [2.75, 3.05) is 11.9 Å². The van der Waals surface area contributed by atoms with Crippen molar-refractivity contribution in [1.82, 2.24) is 19.5 Å². The Hall–Kier alpha value is -2.51. The monoisotopic (exact) mass is 248 g/mol. The zero-order chi connectivity index (χ0) is 13.1. The normalized spacial score (nSPS) is 10.3. The number of rotatable bonds is 4. The first-order valence-electron chi connectivity index (χ1n) is 5.38. The van der Waals surface area contributed by atoms with Crippen molar-refractivity contribution in [2.24, 2.45) is 0 Å².